The molecule has 5 nitrogen and oxygen atoms in total. The molecule has 2 N–H and O–H groups in total. The molecule has 0 saturated carbocycles. The van der Waals surface area contributed by atoms with Gasteiger partial charge < -0.3 is 15.1 Å². The van der Waals surface area contributed by atoms with Gasteiger partial charge >= 0.3 is 5.63 Å². The lowest BCUT2D eigenvalue weighted by Gasteiger charge is -2.30. The molecule has 1 aromatic carbocycles. The number of benzene rings is 1. The van der Waals surface area contributed by atoms with E-state index in [4.69, 9.17) is 10.2 Å². The van der Waals surface area contributed by atoms with Crippen LogP contribution in [0.4, 0.5) is 0 Å². The van der Waals surface area contributed by atoms with Crippen molar-refractivity contribution in [3.05, 3.63) is 45.8 Å². The first kappa shape index (κ1) is 16.5. The normalized spacial score (nSPS) is 15.6. The average molecular weight is 323 g/mol. The highest BCUT2D eigenvalue weighted by Gasteiger charge is 2.26. The first-order valence-corrected chi connectivity index (χ1v) is 7.15. The minimum Gasteiger partial charge on any atom is -0.422 e. The van der Waals surface area contributed by atoms with E-state index in [0.29, 0.717) is 24.2 Å². The van der Waals surface area contributed by atoms with E-state index in [1.165, 1.54) is 0 Å². The van der Waals surface area contributed by atoms with Gasteiger partial charge in [-0.05, 0) is 31.4 Å². The number of para-hydroxylation sites is 1. The van der Waals surface area contributed by atoms with Crippen molar-refractivity contribution >= 4 is 29.3 Å². The summed E-state index contributed by atoms with van der Waals surface area (Å²) in [4.78, 5) is 26.5. The fourth-order valence-corrected chi connectivity index (χ4v) is 2.81. The number of nitrogens with zero attached hydrogens (tertiary/aromatic N) is 1. The lowest BCUT2D eigenvalue weighted by Crippen LogP contribution is -2.44. The van der Waals surface area contributed by atoms with Crippen molar-refractivity contribution < 1.29 is 9.21 Å². The van der Waals surface area contributed by atoms with Crippen LogP contribution >= 0.6 is 12.4 Å². The molecule has 1 amide bonds. The van der Waals surface area contributed by atoms with Crippen LogP contribution in [-0.2, 0) is 0 Å². The number of rotatable bonds is 1. The Morgan fingerprint density at radius 1 is 1.27 bits per heavy atom. The number of carbonyl (C=O) groups is 1. The summed E-state index contributed by atoms with van der Waals surface area (Å²) in [5.74, 6) is -0.251. The fraction of sp³-hybridized carbons (Fsp3) is 0.375. The maximum Gasteiger partial charge on any atom is 0.349 e. The number of nitrogens with two attached hydrogens (primary N) is 1. The molecule has 118 valence electrons. The lowest BCUT2D eigenvalue weighted by atomic mass is 10.0. The third-order valence-corrected chi connectivity index (χ3v) is 4.11. The zero-order valence-electron chi connectivity index (χ0n) is 12.4. The molecule has 1 aliphatic heterocycles. The van der Waals surface area contributed by atoms with Crippen LogP contribution in [0, 0.1) is 6.92 Å². The van der Waals surface area contributed by atoms with Crippen molar-refractivity contribution in [2.75, 3.05) is 13.1 Å². The predicted octanol–water partition coefficient (Wildman–Crippen LogP) is 2.09. The van der Waals surface area contributed by atoms with Crippen molar-refractivity contribution in [3.63, 3.8) is 0 Å². The van der Waals surface area contributed by atoms with Gasteiger partial charge in [0, 0.05) is 24.5 Å². The Balaban J connectivity index is 0.00000176. The molecule has 0 unspecified atom stereocenters. The highest BCUT2D eigenvalue weighted by molar-refractivity contribution is 5.99. The molecular weight excluding hydrogens is 304 g/mol. The van der Waals surface area contributed by atoms with Crippen molar-refractivity contribution in [2.45, 2.75) is 25.8 Å². The third-order valence-electron chi connectivity index (χ3n) is 4.11. The summed E-state index contributed by atoms with van der Waals surface area (Å²) >= 11 is 0. The van der Waals surface area contributed by atoms with Crippen molar-refractivity contribution in [2.24, 2.45) is 5.73 Å². The van der Waals surface area contributed by atoms with E-state index >= 15 is 0 Å². The minimum absolute atomic E-state index is 0. The highest BCUT2D eigenvalue weighted by atomic mass is 35.5. The Morgan fingerprint density at radius 3 is 2.59 bits per heavy atom. The first-order valence-electron chi connectivity index (χ1n) is 7.15. The summed E-state index contributed by atoms with van der Waals surface area (Å²) in [5.41, 5.74) is 6.62. The van der Waals surface area contributed by atoms with Crippen LogP contribution in [0.25, 0.3) is 11.0 Å². The number of likely N-dealkylation sites (tertiary alicyclic amines) is 1. The van der Waals surface area contributed by atoms with Crippen LogP contribution in [0.1, 0.15) is 28.8 Å². The van der Waals surface area contributed by atoms with Crippen molar-refractivity contribution in [3.8, 4) is 0 Å². The third kappa shape index (κ3) is 2.87. The second kappa shape index (κ2) is 6.50. The van der Waals surface area contributed by atoms with E-state index in [0.717, 1.165) is 18.2 Å². The molecule has 6 heteroatoms. The second-order valence-corrected chi connectivity index (χ2v) is 5.52. The largest absolute Gasteiger partial charge is 0.422 e. The summed E-state index contributed by atoms with van der Waals surface area (Å²) in [6.07, 6.45) is 1.54. The van der Waals surface area contributed by atoms with Crippen molar-refractivity contribution in [1.29, 1.82) is 0 Å². The standard InChI is InChI=1S/C16H18N2O3.ClH/c1-10-12-4-2-3-5-13(12)21-16(20)14(10)15(19)18-8-6-11(17)7-9-18;/h2-5,11H,6-9,17H2,1H3;1H. The number of piperidine rings is 1. The molecule has 0 bridgehead atoms. The van der Waals surface area contributed by atoms with E-state index in [2.05, 4.69) is 0 Å². The number of carbonyl (C=O) groups excluding carboxylic acids is 1. The fourth-order valence-electron chi connectivity index (χ4n) is 2.81. The van der Waals surface area contributed by atoms with Gasteiger partial charge in [0.05, 0.1) is 0 Å². The van der Waals surface area contributed by atoms with E-state index in [-0.39, 0.29) is 29.9 Å². The van der Waals surface area contributed by atoms with Gasteiger partial charge in [0.25, 0.3) is 5.91 Å². The first-order chi connectivity index (χ1) is 10.1. The highest BCUT2D eigenvalue weighted by Crippen LogP contribution is 2.21. The van der Waals surface area contributed by atoms with Gasteiger partial charge in [0.15, 0.2) is 0 Å². The van der Waals surface area contributed by atoms with Gasteiger partial charge in [-0.3, -0.25) is 4.79 Å². The number of halogens is 1. The van der Waals surface area contributed by atoms with Crippen LogP contribution in [0.15, 0.2) is 33.5 Å². The Hall–Kier alpha value is -1.85. The van der Waals surface area contributed by atoms with Crippen LogP contribution < -0.4 is 11.4 Å². The SMILES string of the molecule is Cc1c(C(=O)N2CCC(N)CC2)c(=O)oc2ccccc12.Cl. The molecule has 3 rings (SSSR count). The molecule has 2 heterocycles. The molecule has 22 heavy (non-hydrogen) atoms. The second-order valence-electron chi connectivity index (χ2n) is 5.52. The van der Waals surface area contributed by atoms with E-state index in [1.54, 1.807) is 24.0 Å². The van der Waals surface area contributed by atoms with Crippen LogP contribution in [0.3, 0.4) is 0 Å². The molecule has 0 spiro atoms. The quantitative estimate of drug-likeness (QED) is 0.816. The van der Waals surface area contributed by atoms with Gasteiger partial charge in [-0.25, -0.2) is 4.79 Å². The summed E-state index contributed by atoms with van der Waals surface area (Å²) in [7, 11) is 0. The van der Waals surface area contributed by atoms with Gasteiger partial charge in [-0.1, -0.05) is 18.2 Å². The number of hydrogen-bond acceptors (Lipinski definition) is 4. The Kier molecular flexibility index (Phi) is 4.88. The Morgan fingerprint density at radius 2 is 1.91 bits per heavy atom. The molecular formula is C16H19ClN2O3. The molecule has 1 fully saturated rings. The summed E-state index contributed by atoms with van der Waals surface area (Å²) in [5, 5.41) is 0.800. The zero-order chi connectivity index (χ0) is 15.0. The smallest absolute Gasteiger partial charge is 0.349 e. The van der Waals surface area contributed by atoms with Crippen molar-refractivity contribution in [1.82, 2.24) is 4.90 Å². The monoisotopic (exact) mass is 322 g/mol. The lowest BCUT2D eigenvalue weighted by molar-refractivity contribution is 0.0710. The van der Waals surface area contributed by atoms with Gasteiger partial charge in [-0.15, -0.1) is 12.4 Å². The number of hydrogen-bond donors (Lipinski definition) is 1. The van der Waals surface area contributed by atoms with Crippen LogP contribution in [-0.4, -0.2) is 29.9 Å². The maximum absolute atomic E-state index is 12.6. The maximum atomic E-state index is 12.6. The van der Waals surface area contributed by atoms with Gasteiger partial charge in [0.2, 0.25) is 0 Å². The van der Waals surface area contributed by atoms with Crippen LogP contribution in [0.5, 0.6) is 0 Å². The Bertz CT molecular complexity index is 749. The number of amides is 1. The summed E-state index contributed by atoms with van der Waals surface area (Å²) < 4.78 is 5.28. The average Bonchev–Trinajstić information content (AvgIpc) is 2.48. The summed E-state index contributed by atoms with van der Waals surface area (Å²) in [6, 6.07) is 7.40. The number of fused-ring (bicyclic) bond motifs is 1. The van der Waals surface area contributed by atoms with Gasteiger partial charge in [-0.2, -0.15) is 0 Å². The zero-order valence-corrected chi connectivity index (χ0v) is 13.2. The minimum atomic E-state index is -0.564. The van der Waals surface area contributed by atoms with Crippen LogP contribution in [0.2, 0.25) is 0 Å². The molecule has 1 saturated heterocycles. The molecule has 2 aromatic rings. The molecule has 0 radical (unpaired) electrons. The molecule has 0 aliphatic carbocycles. The van der Waals surface area contributed by atoms with E-state index < -0.39 is 5.63 Å². The molecule has 1 aromatic heterocycles. The topological polar surface area (TPSA) is 76.5 Å². The number of aryl methyl sites for hydroxylation is 1. The summed E-state index contributed by atoms with van der Waals surface area (Å²) in [6.45, 7) is 2.97. The van der Waals surface area contributed by atoms with E-state index in [1.807, 2.05) is 12.1 Å². The van der Waals surface area contributed by atoms with E-state index in [9.17, 15) is 9.59 Å². The van der Waals surface area contributed by atoms with Gasteiger partial charge in [0.1, 0.15) is 11.1 Å². The predicted molar refractivity (Wildman–Crippen MR) is 87.6 cm³/mol. The molecule has 0 atom stereocenters. The Labute approximate surface area is 134 Å². The molecule has 1 aliphatic rings.